The van der Waals surface area contributed by atoms with Crippen LogP contribution in [0.5, 0.6) is 0 Å². The van der Waals surface area contributed by atoms with Crippen LogP contribution in [0.1, 0.15) is 0 Å². The minimum Gasteiger partial charge on any atom is -0.299 e. The number of piperazine rings is 1. The Morgan fingerprint density at radius 2 is 1.90 bits per heavy atom. The van der Waals surface area contributed by atoms with E-state index in [1.807, 2.05) is 30.3 Å². The predicted molar refractivity (Wildman–Crippen MR) is 80.4 cm³/mol. The number of sulfonamides is 1. The second-order valence-electron chi connectivity index (χ2n) is 4.79. The average molecular weight is 311 g/mol. The molecule has 1 saturated heterocycles. The summed E-state index contributed by atoms with van der Waals surface area (Å²) in [6, 6.07) is 12.9. The lowest BCUT2D eigenvalue weighted by atomic mass is 10.1. The van der Waals surface area contributed by atoms with Gasteiger partial charge in [-0.2, -0.15) is 4.31 Å². The van der Waals surface area contributed by atoms with Crippen molar-refractivity contribution in [1.82, 2.24) is 9.62 Å². The van der Waals surface area contributed by atoms with Crippen LogP contribution in [-0.4, -0.2) is 37.9 Å². The van der Waals surface area contributed by atoms with Crippen LogP contribution in [0.2, 0.25) is 0 Å². The van der Waals surface area contributed by atoms with Crippen molar-refractivity contribution < 1.29 is 8.42 Å². The fourth-order valence-corrected chi connectivity index (χ4v) is 4.22. The summed E-state index contributed by atoms with van der Waals surface area (Å²) in [5.74, 6) is 0. The first-order chi connectivity index (χ1) is 9.57. The van der Waals surface area contributed by atoms with Crippen LogP contribution in [-0.2, 0) is 10.0 Å². The summed E-state index contributed by atoms with van der Waals surface area (Å²) >= 11 is 5.98. The summed E-state index contributed by atoms with van der Waals surface area (Å²) in [6.07, 6.45) is 0. The van der Waals surface area contributed by atoms with Gasteiger partial charge in [-0.3, -0.25) is 5.32 Å². The molecule has 1 fully saturated rings. The molecule has 2 aromatic carbocycles. The lowest BCUT2D eigenvalue weighted by Gasteiger charge is -2.29. The number of hydrogen-bond donors (Lipinski definition) is 1. The first kappa shape index (κ1) is 13.8. The quantitative estimate of drug-likeness (QED) is 0.682. The molecule has 106 valence electrons. The maximum atomic E-state index is 12.6. The van der Waals surface area contributed by atoms with Gasteiger partial charge >= 0.3 is 0 Å². The van der Waals surface area contributed by atoms with E-state index in [0.717, 1.165) is 10.8 Å². The van der Waals surface area contributed by atoms with E-state index in [4.69, 9.17) is 11.6 Å². The molecule has 1 aliphatic heterocycles. The van der Waals surface area contributed by atoms with Gasteiger partial charge in [0.25, 0.3) is 0 Å². The number of rotatable bonds is 2. The number of halogens is 1. The SMILES string of the molecule is O=S(=O)(c1ccc2ccccc2c1)N1CCNC(Cl)C1. The highest BCUT2D eigenvalue weighted by Gasteiger charge is 2.29. The van der Waals surface area contributed by atoms with Gasteiger partial charge < -0.3 is 0 Å². The molecule has 0 amide bonds. The van der Waals surface area contributed by atoms with Gasteiger partial charge in [-0.05, 0) is 22.9 Å². The molecule has 0 aliphatic carbocycles. The monoisotopic (exact) mass is 310 g/mol. The number of fused-ring (bicyclic) bond motifs is 1. The van der Waals surface area contributed by atoms with Crippen molar-refractivity contribution in [3.63, 3.8) is 0 Å². The van der Waals surface area contributed by atoms with E-state index < -0.39 is 10.0 Å². The van der Waals surface area contributed by atoms with Crippen molar-refractivity contribution in [2.75, 3.05) is 19.6 Å². The zero-order valence-electron chi connectivity index (χ0n) is 10.8. The Morgan fingerprint density at radius 3 is 2.65 bits per heavy atom. The van der Waals surface area contributed by atoms with E-state index in [-0.39, 0.29) is 12.0 Å². The van der Waals surface area contributed by atoms with Crippen LogP contribution in [0, 0.1) is 0 Å². The molecule has 2 aromatic rings. The Balaban J connectivity index is 2.00. The molecule has 0 bridgehead atoms. The number of nitrogens with zero attached hydrogens (tertiary/aromatic N) is 1. The third kappa shape index (κ3) is 2.54. The number of alkyl halides is 1. The molecule has 1 heterocycles. The fraction of sp³-hybridized carbons (Fsp3) is 0.286. The highest BCUT2D eigenvalue weighted by atomic mass is 35.5. The second kappa shape index (κ2) is 5.33. The topological polar surface area (TPSA) is 49.4 Å². The van der Waals surface area contributed by atoms with Crippen molar-refractivity contribution in [3.05, 3.63) is 42.5 Å². The first-order valence-corrected chi connectivity index (χ1v) is 8.31. The standard InChI is InChI=1S/C14H15ClN2O2S/c15-14-10-17(8-7-16-14)20(18,19)13-6-5-11-3-1-2-4-12(11)9-13/h1-6,9,14,16H,7-8,10H2. The van der Waals surface area contributed by atoms with Crippen molar-refractivity contribution in [2.24, 2.45) is 0 Å². The van der Waals surface area contributed by atoms with E-state index in [1.165, 1.54) is 4.31 Å². The van der Waals surface area contributed by atoms with Gasteiger partial charge in [-0.25, -0.2) is 8.42 Å². The van der Waals surface area contributed by atoms with E-state index in [9.17, 15) is 8.42 Å². The minimum absolute atomic E-state index is 0.288. The van der Waals surface area contributed by atoms with Gasteiger partial charge in [0.05, 0.1) is 10.4 Å². The molecule has 1 atom stereocenters. The number of nitrogens with one attached hydrogen (secondary N) is 1. The second-order valence-corrected chi connectivity index (χ2v) is 7.26. The summed E-state index contributed by atoms with van der Waals surface area (Å²) in [6.45, 7) is 1.30. The van der Waals surface area contributed by atoms with Crippen molar-refractivity contribution in [3.8, 4) is 0 Å². The minimum atomic E-state index is -3.48. The molecule has 4 nitrogen and oxygen atoms in total. The highest BCUT2D eigenvalue weighted by molar-refractivity contribution is 7.89. The number of hydrogen-bond acceptors (Lipinski definition) is 3. The van der Waals surface area contributed by atoms with Crippen LogP contribution in [0.25, 0.3) is 10.8 Å². The first-order valence-electron chi connectivity index (χ1n) is 6.44. The van der Waals surface area contributed by atoms with Gasteiger partial charge in [0.1, 0.15) is 0 Å². The van der Waals surface area contributed by atoms with Gasteiger partial charge in [-0.15, -0.1) is 11.6 Å². The summed E-state index contributed by atoms with van der Waals surface area (Å²) in [4.78, 5) is 0.321. The molecule has 1 N–H and O–H groups in total. The molecule has 1 unspecified atom stereocenters. The van der Waals surface area contributed by atoms with Crippen molar-refractivity contribution >= 4 is 32.4 Å². The average Bonchev–Trinajstić information content (AvgIpc) is 2.46. The summed E-state index contributed by atoms with van der Waals surface area (Å²) < 4.78 is 26.7. The van der Waals surface area contributed by atoms with Gasteiger partial charge in [0, 0.05) is 19.6 Å². The normalized spacial score (nSPS) is 21.1. The molecule has 0 saturated carbocycles. The van der Waals surface area contributed by atoms with Crippen LogP contribution in [0.4, 0.5) is 0 Å². The number of benzene rings is 2. The third-order valence-electron chi connectivity index (χ3n) is 3.45. The van der Waals surface area contributed by atoms with Gasteiger partial charge in [-0.1, -0.05) is 30.3 Å². The summed E-state index contributed by atoms with van der Waals surface area (Å²) in [7, 11) is -3.48. The zero-order chi connectivity index (χ0) is 14.2. The largest absolute Gasteiger partial charge is 0.299 e. The summed E-state index contributed by atoms with van der Waals surface area (Å²) in [5, 5.41) is 4.98. The lowest BCUT2D eigenvalue weighted by molar-refractivity contribution is 0.342. The maximum Gasteiger partial charge on any atom is 0.243 e. The van der Waals surface area contributed by atoms with Crippen LogP contribution in [0.15, 0.2) is 47.4 Å². The predicted octanol–water partition coefficient (Wildman–Crippen LogP) is 2.00. The molecule has 0 spiro atoms. The Kier molecular flexibility index (Phi) is 3.69. The maximum absolute atomic E-state index is 12.6. The summed E-state index contributed by atoms with van der Waals surface area (Å²) in [5.41, 5.74) is -0.334. The Hall–Kier alpha value is -1.14. The van der Waals surface area contributed by atoms with Gasteiger partial charge in [0.2, 0.25) is 10.0 Å². The molecule has 1 aliphatic rings. The Labute approximate surface area is 123 Å². The smallest absolute Gasteiger partial charge is 0.243 e. The highest BCUT2D eigenvalue weighted by Crippen LogP contribution is 2.22. The molecule has 6 heteroatoms. The van der Waals surface area contributed by atoms with Crippen LogP contribution < -0.4 is 5.32 Å². The van der Waals surface area contributed by atoms with Crippen LogP contribution >= 0.6 is 11.6 Å². The molecule has 0 aromatic heterocycles. The van der Waals surface area contributed by atoms with E-state index in [0.29, 0.717) is 18.0 Å². The van der Waals surface area contributed by atoms with E-state index in [1.54, 1.807) is 12.1 Å². The molecule has 3 rings (SSSR count). The fourth-order valence-electron chi connectivity index (χ4n) is 2.38. The lowest BCUT2D eigenvalue weighted by Crippen LogP contribution is -2.50. The Bertz CT molecular complexity index is 733. The van der Waals surface area contributed by atoms with Crippen molar-refractivity contribution in [1.29, 1.82) is 0 Å². The molecule has 20 heavy (non-hydrogen) atoms. The zero-order valence-corrected chi connectivity index (χ0v) is 12.4. The van der Waals surface area contributed by atoms with E-state index in [2.05, 4.69) is 5.32 Å². The van der Waals surface area contributed by atoms with E-state index >= 15 is 0 Å². The molecular formula is C14H15ClN2O2S. The third-order valence-corrected chi connectivity index (χ3v) is 5.60. The van der Waals surface area contributed by atoms with Crippen molar-refractivity contribution in [2.45, 2.75) is 10.4 Å². The Morgan fingerprint density at radius 1 is 1.15 bits per heavy atom. The van der Waals surface area contributed by atoms with Gasteiger partial charge in [0.15, 0.2) is 0 Å². The molecule has 0 radical (unpaired) electrons. The molecular weight excluding hydrogens is 296 g/mol. The van der Waals surface area contributed by atoms with Crippen LogP contribution in [0.3, 0.4) is 0 Å².